The van der Waals surface area contributed by atoms with Gasteiger partial charge >= 0.3 is 0 Å². The molecule has 112 valence electrons. The van der Waals surface area contributed by atoms with E-state index in [0.717, 1.165) is 6.07 Å². The van der Waals surface area contributed by atoms with Gasteiger partial charge in [0.2, 0.25) is 0 Å². The van der Waals surface area contributed by atoms with Gasteiger partial charge < -0.3 is 5.32 Å². The summed E-state index contributed by atoms with van der Waals surface area (Å²) in [6.45, 7) is 0.171. The number of nitrogens with one attached hydrogen (secondary N) is 2. The molecular weight excluding hydrogens is 317 g/mol. The molecule has 21 heavy (non-hydrogen) atoms. The second kappa shape index (κ2) is 6.38. The summed E-state index contributed by atoms with van der Waals surface area (Å²) in [6.07, 6.45) is 2.86. The van der Waals surface area contributed by atoms with Crippen molar-refractivity contribution in [3.05, 3.63) is 53.1 Å². The number of hydrogen-bond acceptors (Lipinski definition) is 4. The second-order valence-electron chi connectivity index (χ2n) is 4.25. The number of nitrogens with zero attached hydrogens (tertiary/aromatic N) is 1. The van der Waals surface area contributed by atoms with Gasteiger partial charge in [0, 0.05) is 29.5 Å². The van der Waals surface area contributed by atoms with Crippen molar-refractivity contribution in [3.8, 4) is 0 Å². The summed E-state index contributed by atoms with van der Waals surface area (Å²) in [7, 11) is -2.44. The molecule has 8 heteroatoms. The zero-order valence-electron chi connectivity index (χ0n) is 11.1. The summed E-state index contributed by atoms with van der Waals surface area (Å²) in [6, 6.07) is 5.40. The summed E-state index contributed by atoms with van der Waals surface area (Å²) < 4.78 is 41.2. The zero-order valence-corrected chi connectivity index (χ0v) is 12.7. The lowest BCUT2D eigenvalue weighted by molar-refractivity contribution is 0.556. The first-order valence-corrected chi connectivity index (χ1v) is 7.85. The van der Waals surface area contributed by atoms with Gasteiger partial charge in [0.15, 0.2) is 0 Å². The molecule has 2 rings (SSSR count). The van der Waals surface area contributed by atoms with Crippen molar-refractivity contribution in [3.63, 3.8) is 0 Å². The lowest BCUT2D eigenvalue weighted by atomic mass is 10.2. The van der Waals surface area contributed by atoms with Crippen LogP contribution in [0.25, 0.3) is 0 Å². The van der Waals surface area contributed by atoms with Gasteiger partial charge in [-0.1, -0.05) is 11.6 Å². The Balaban J connectivity index is 2.45. The molecule has 0 aliphatic heterocycles. The largest absolute Gasteiger partial charge is 0.316 e. The third-order valence-corrected chi connectivity index (χ3v) is 4.27. The Morgan fingerprint density at radius 1 is 1.29 bits per heavy atom. The Bertz CT molecular complexity index is 739. The Morgan fingerprint density at radius 2 is 1.95 bits per heavy atom. The predicted octanol–water partition coefficient (Wildman–Crippen LogP) is 2.39. The van der Waals surface area contributed by atoms with Crippen molar-refractivity contribution < 1.29 is 12.8 Å². The Kier molecular flexibility index (Phi) is 4.76. The minimum atomic E-state index is -4.07. The first-order valence-electron chi connectivity index (χ1n) is 5.99. The monoisotopic (exact) mass is 329 g/mol. The number of sulfonamides is 1. The van der Waals surface area contributed by atoms with Crippen molar-refractivity contribution >= 4 is 27.3 Å². The van der Waals surface area contributed by atoms with Crippen LogP contribution in [0.15, 0.2) is 41.6 Å². The topological polar surface area (TPSA) is 71.1 Å². The molecule has 0 bridgehead atoms. The van der Waals surface area contributed by atoms with E-state index in [4.69, 9.17) is 11.6 Å². The van der Waals surface area contributed by atoms with E-state index in [1.54, 1.807) is 7.05 Å². The van der Waals surface area contributed by atoms with Crippen LogP contribution >= 0.6 is 11.6 Å². The van der Waals surface area contributed by atoms with Crippen LogP contribution in [0.4, 0.5) is 10.1 Å². The van der Waals surface area contributed by atoms with Crippen LogP contribution in [0.3, 0.4) is 0 Å². The lowest BCUT2D eigenvalue weighted by Crippen LogP contribution is -2.17. The maximum absolute atomic E-state index is 14.3. The van der Waals surface area contributed by atoms with Gasteiger partial charge in [-0.15, -0.1) is 0 Å². The van der Waals surface area contributed by atoms with Crippen molar-refractivity contribution in [2.45, 2.75) is 11.4 Å². The first kappa shape index (κ1) is 15.7. The van der Waals surface area contributed by atoms with Crippen LogP contribution in [-0.4, -0.2) is 20.4 Å². The van der Waals surface area contributed by atoms with Gasteiger partial charge in [-0.2, -0.15) is 0 Å². The average Bonchev–Trinajstić information content (AvgIpc) is 2.43. The summed E-state index contributed by atoms with van der Waals surface area (Å²) in [4.78, 5) is 3.29. The van der Waals surface area contributed by atoms with Crippen LogP contribution in [-0.2, 0) is 16.6 Å². The molecular formula is C13H13ClFN3O2S. The molecule has 0 saturated carbocycles. The average molecular weight is 330 g/mol. The molecule has 0 aliphatic rings. The van der Waals surface area contributed by atoms with E-state index < -0.39 is 20.7 Å². The predicted molar refractivity (Wildman–Crippen MR) is 79.2 cm³/mol. The Hall–Kier alpha value is -1.70. The molecule has 0 aliphatic carbocycles. The summed E-state index contributed by atoms with van der Waals surface area (Å²) in [5, 5.41) is 2.91. The number of halogens is 2. The van der Waals surface area contributed by atoms with E-state index in [1.165, 1.54) is 30.6 Å². The summed E-state index contributed by atoms with van der Waals surface area (Å²) in [5.74, 6) is -0.824. The number of aromatic nitrogens is 1. The summed E-state index contributed by atoms with van der Waals surface area (Å²) in [5.41, 5.74) is 0.472. The van der Waals surface area contributed by atoms with Gasteiger partial charge in [-0.05, 0) is 31.3 Å². The highest BCUT2D eigenvalue weighted by atomic mass is 35.5. The fourth-order valence-electron chi connectivity index (χ4n) is 1.76. The molecule has 0 spiro atoms. The second-order valence-corrected chi connectivity index (χ2v) is 6.34. The van der Waals surface area contributed by atoms with Crippen molar-refractivity contribution in [1.82, 2.24) is 10.3 Å². The molecule has 1 aromatic heterocycles. The maximum atomic E-state index is 14.3. The van der Waals surface area contributed by atoms with Crippen LogP contribution in [0.2, 0.25) is 5.02 Å². The van der Waals surface area contributed by atoms with Gasteiger partial charge in [0.25, 0.3) is 10.0 Å². The van der Waals surface area contributed by atoms with E-state index in [9.17, 15) is 12.8 Å². The highest BCUT2D eigenvalue weighted by Gasteiger charge is 2.22. The quantitative estimate of drug-likeness (QED) is 0.883. The van der Waals surface area contributed by atoms with Crippen LogP contribution in [0, 0.1) is 5.82 Å². The lowest BCUT2D eigenvalue weighted by Gasteiger charge is -2.12. The molecule has 0 atom stereocenters. The standard InChI is InChI=1S/C13H13ClFN3O2S/c1-16-8-9-6-10(14)7-12(13(9)15)21(19,20)18-11-2-4-17-5-3-11/h2-7,16H,8H2,1H3,(H,17,18). The van der Waals surface area contributed by atoms with E-state index in [2.05, 4.69) is 15.0 Å². The first-order chi connectivity index (χ1) is 9.94. The third-order valence-electron chi connectivity index (χ3n) is 2.67. The van der Waals surface area contributed by atoms with E-state index in [1.807, 2.05) is 0 Å². The maximum Gasteiger partial charge on any atom is 0.264 e. The minimum absolute atomic E-state index is 0.150. The normalized spacial score (nSPS) is 11.4. The minimum Gasteiger partial charge on any atom is -0.316 e. The number of benzene rings is 1. The van der Waals surface area contributed by atoms with Crippen molar-refractivity contribution in [2.24, 2.45) is 0 Å². The molecule has 0 radical (unpaired) electrons. The molecule has 2 N–H and O–H groups in total. The molecule has 2 aromatic rings. The fourth-order valence-corrected chi connectivity index (χ4v) is 3.27. The Labute approximate surface area is 127 Å². The molecule has 0 amide bonds. The highest BCUT2D eigenvalue weighted by molar-refractivity contribution is 7.92. The Morgan fingerprint density at radius 3 is 2.57 bits per heavy atom. The smallest absolute Gasteiger partial charge is 0.264 e. The molecule has 1 heterocycles. The molecule has 0 saturated heterocycles. The van der Waals surface area contributed by atoms with Crippen molar-refractivity contribution in [1.29, 1.82) is 0 Å². The molecule has 0 fully saturated rings. The highest BCUT2D eigenvalue weighted by Crippen LogP contribution is 2.25. The van der Waals surface area contributed by atoms with E-state index in [0.29, 0.717) is 5.69 Å². The molecule has 1 aromatic carbocycles. The fraction of sp³-hybridized carbons (Fsp3) is 0.154. The van der Waals surface area contributed by atoms with Crippen LogP contribution in [0.1, 0.15) is 5.56 Å². The van der Waals surface area contributed by atoms with E-state index >= 15 is 0 Å². The van der Waals surface area contributed by atoms with Crippen molar-refractivity contribution in [2.75, 3.05) is 11.8 Å². The van der Waals surface area contributed by atoms with Crippen LogP contribution in [0.5, 0.6) is 0 Å². The van der Waals surface area contributed by atoms with Crippen LogP contribution < -0.4 is 10.0 Å². The van der Waals surface area contributed by atoms with Gasteiger partial charge in [0.05, 0.1) is 5.69 Å². The number of hydrogen-bond donors (Lipinski definition) is 2. The zero-order chi connectivity index (χ0) is 15.5. The van der Waals surface area contributed by atoms with Gasteiger partial charge in [-0.25, -0.2) is 12.8 Å². The van der Waals surface area contributed by atoms with Gasteiger partial charge in [-0.3, -0.25) is 9.71 Å². The van der Waals surface area contributed by atoms with Gasteiger partial charge in [0.1, 0.15) is 10.7 Å². The number of rotatable bonds is 5. The SMILES string of the molecule is CNCc1cc(Cl)cc(S(=O)(=O)Nc2ccncc2)c1F. The van der Waals surface area contributed by atoms with E-state index in [-0.39, 0.29) is 17.1 Å². The summed E-state index contributed by atoms with van der Waals surface area (Å²) >= 11 is 5.87. The number of pyridine rings is 1. The number of anilines is 1. The molecule has 5 nitrogen and oxygen atoms in total. The molecule has 0 unspecified atom stereocenters. The third kappa shape index (κ3) is 3.69.